The van der Waals surface area contributed by atoms with Gasteiger partial charge in [-0.25, -0.2) is 8.78 Å². The van der Waals surface area contributed by atoms with Gasteiger partial charge in [-0.3, -0.25) is 0 Å². The molecule has 12 heavy (non-hydrogen) atoms. The normalized spacial score (nSPS) is 22.2. The van der Waals surface area contributed by atoms with Gasteiger partial charge < -0.3 is 9.84 Å². The van der Waals surface area contributed by atoms with Crippen LogP contribution in [0.4, 0.5) is 8.78 Å². The average molecular weight is 180 g/mol. The molecule has 1 saturated carbocycles. The van der Waals surface area contributed by atoms with E-state index in [2.05, 4.69) is 0 Å². The SMILES string of the molecule is OCCCCOC1CC(F)(F)C1. The van der Waals surface area contributed by atoms with Crippen LogP contribution in [0.15, 0.2) is 0 Å². The third-order valence-corrected chi connectivity index (χ3v) is 1.96. The molecule has 0 aromatic carbocycles. The maximum atomic E-state index is 12.2. The van der Waals surface area contributed by atoms with Gasteiger partial charge in [0.25, 0.3) is 5.92 Å². The van der Waals surface area contributed by atoms with Crippen LogP contribution >= 0.6 is 0 Å². The lowest BCUT2D eigenvalue weighted by atomic mass is 9.91. The van der Waals surface area contributed by atoms with Gasteiger partial charge in [-0.2, -0.15) is 0 Å². The Bertz CT molecular complexity index is 131. The molecule has 1 aliphatic rings. The third-order valence-electron chi connectivity index (χ3n) is 1.96. The van der Waals surface area contributed by atoms with Crippen molar-refractivity contribution >= 4 is 0 Å². The fourth-order valence-corrected chi connectivity index (χ4v) is 1.19. The molecular formula is C8H14F2O2. The molecule has 0 unspecified atom stereocenters. The monoisotopic (exact) mass is 180 g/mol. The Hall–Kier alpha value is -0.220. The van der Waals surface area contributed by atoms with E-state index in [1.54, 1.807) is 0 Å². The quantitative estimate of drug-likeness (QED) is 0.651. The molecular weight excluding hydrogens is 166 g/mol. The molecule has 4 heteroatoms. The maximum absolute atomic E-state index is 12.2. The summed E-state index contributed by atoms with van der Waals surface area (Å²) in [6, 6.07) is 0. The standard InChI is InChI=1S/C8H14F2O2/c9-8(10)5-7(6-8)12-4-2-1-3-11/h7,11H,1-6H2. The van der Waals surface area contributed by atoms with Gasteiger partial charge in [-0.05, 0) is 12.8 Å². The molecule has 0 bridgehead atoms. The van der Waals surface area contributed by atoms with Crippen molar-refractivity contribution in [3.63, 3.8) is 0 Å². The fourth-order valence-electron chi connectivity index (χ4n) is 1.19. The summed E-state index contributed by atoms with van der Waals surface area (Å²) < 4.78 is 29.6. The molecule has 1 rings (SSSR count). The molecule has 1 fully saturated rings. The molecule has 0 amide bonds. The Morgan fingerprint density at radius 3 is 2.50 bits per heavy atom. The number of unbranched alkanes of at least 4 members (excludes halogenated alkanes) is 1. The van der Waals surface area contributed by atoms with Gasteiger partial charge in [0, 0.05) is 26.1 Å². The minimum atomic E-state index is -2.48. The van der Waals surface area contributed by atoms with E-state index in [1.807, 2.05) is 0 Å². The highest BCUT2D eigenvalue weighted by Crippen LogP contribution is 2.39. The largest absolute Gasteiger partial charge is 0.396 e. The third kappa shape index (κ3) is 3.03. The highest BCUT2D eigenvalue weighted by molar-refractivity contribution is 4.86. The summed E-state index contributed by atoms with van der Waals surface area (Å²) in [6.45, 7) is 0.630. The predicted octanol–water partition coefficient (Wildman–Crippen LogP) is 1.57. The highest BCUT2D eigenvalue weighted by Gasteiger charge is 2.45. The summed E-state index contributed by atoms with van der Waals surface area (Å²) in [6.07, 6.45) is 0.915. The van der Waals surface area contributed by atoms with Crippen molar-refractivity contribution in [2.24, 2.45) is 0 Å². The van der Waals surface area contributed by atoms with Gasteiger partial charge in [0.2, 0.25) is 0 Å². The lowest BCUT2D eigenvalue weighted by Crippen LogP contribution is -2.41. The summed E-state index contributed by atoms with van der Waals surface area (Å²) in [7, 11) is 0. The van der Waals surface area contributed by atoms with Crippen molar-refractivity contribution in [3.8, 4) is 0 Å². The van der Waals surface area contributed by atoms with E-state index >= 15 is 0 Å². The van der Waals surface area contributed by atoms with Crippen LogP contribution < -0.4 is 0 Å². The summed E-state index contributed by atoms with van der Waals surface area (Å²) in [5.41, 5.74) is 0. The molecule has 1 aliphatic carbocycles. The molecule has 0 saturated heterocycles. The maximum Gasteiger partial charge on any atom is 0.253 e. The average Bonchev–Trinajstić information content (AvgIpc) is 1.94. The molecule has 72 valence electrons. The number of hydrogen-bond donors (Lipinski definition) is 1. The first-order valence-electron chi connectivity index (χ1n) is 4.24. The van der Waals surface area contributed by atoms with Crippen LogP contribution in [0.1, 0.15) is 25.7 Å². The molecule has 0 heterocycles. The predicted molar refractivity (Wildman–Crippen MR) is 40.2 cm³/mol. The Morgan fingerprint density at radius 1 is 1.33 bits per heavy atom. The van der Waals surface area contributed by atoms with Crippen LogP contribution in [-0.4, -0.2) is 30.3 Å². The van der Waals surface area contributed by atoms with E-state index in [0.717, 1.165) is 6.42 Å². The summed E-state index contributed by atoms with van der Waals surface area (Å²) in [5, 5.41) is 8.41. The van der Waals surface area contributed by atoms with Crippen molar-refractivity contribution in [2.45, 2.75) is 37.7 Å². The zero-order valence-corrected chi connectivity index (χ0v) is 6.93. The molecule has 0 aromatic heterocycles. The van der Waals surface area contributed by atoms with Crippen molar-refractivity contribution in [1.29, 1.82) is 0 Å². The summed E-state index contributed by atoms with van der Waals surface area (Å²) >= 11 is 0. The molecule has 0 atom stereocenters. The van der Waals surface area contributed by atoms with Crippen LogP contribution in [0.3, 0.4) is 0 Å². The molecule has 2 nitrogen and oxygen atoms in total. The first kappa shape index (κ1) is 9.86. The molecule has 0 radical (unpaired) electrons. The molecule has 0 aromatic rings. The van der Waals surface area contributed by atoms with E-state index in [4.69, 9.17) is 9.84 Å². The van der Waals surface area contributed by atoms with Crippen molar-refractivity contribution in [3.05, 3.63) is 0 Å². The topological polar surface area (TPSA) is 29.5 Å². The number of hydrogen-bond acceptors (Lipinski definition) is 2. The molecule has 0 aliphatic heterocycles. The lowest BCUT2D eigenvalue weighted by Gasteiger charge is -2.34. The lowest BCUT2D eigenvalue weighted by molar-refractivity contribution is -0.165. The van der Waals surface area contributed by atoms with Crippen LogP contribution in [-0.2, 0) is 4.74 Å². The second-order valence-electron chi connectivity index (χ2n) is 3.19. The van der Waals surface area contributed by atoms with E-state index in [0.29, 0.717) is 13.0 Å². The van der Waals surface area contributed by atoms with Crippen molar-refractivity contribution in [1.82, 2.24) is 0 Å². The number of aliphatic hydroxyl groups is 1. The zero-order valence-electron chi connectivity index (χ0n) is 6.93. The van der Waals surface area contributed by atoms with Gasteiger partial charge in [0.15, 0.2) is 0 Å². The highest BCUT2D eigenvalue weighted by atomic mass is 19.3. The second-order valence-corrected chi connectivity index (χ2v) is 3.19. The van der Waals surface area contributed by atoms with Crippen LogP contribution in [0.2, 0.25) is 0 Å². The number of halogens is 2. The Morgan fingerprint density at radius 2 is 2.00 bits per heavy atom. The number of ether oxygens (including phenoxy) is 1. The fraction of sp³-hybridized carbons (Fsp3) is 1.00. The number of aliphatic hydroxyl groups excluding tert-OH is 1. The number of rotatable bonds is 5. The Kier molecular flexibility index (Phi) is 3.40. The van der Waals surface area contributed by atoms with Crippen LogP contribution in [0.5, 0.6) is 0 Å². The first-order chi connectivity index (χ1) is 5.64. The Labute approximate surface area is 70.5 Å². The molecule has 0 spiro atoms. The first-order valence-corrected chi connectivity index (χ1v) is 4.24. The smallest absolute Gasteiger partial charge is 0.253 e. The second kappa shape index (κ2) is 4.14. The van der Waals surface area contributed by atoms with Crippen LogP contribution in [0.25, 0.3) is 0 Å². The number of alkyl halides is 2. The summed E-state index contributed by atoms with van der Waals surface area (Å²) in [4.78, 5) is 0. The van der Waals surface area contributed by atoms with E-state index in [9.17, 15) is 8.78 Å². The van der Waals surface area contributed by atoms with E-state index < -0.39 is 5.92 Å². The van der Waals surface area contributed by atoms with Gasteiger partial charge in [0.1, 0.15) is 0 Å². The van der Waals surface area contributed by atoms with Gasteiger partial charge in [0.05, 0.1) is 6.10 Å². The minimum absolute atomic E-state index is 0.133. The zero-order chi connectivity index (χ0) is 9.03. The summed E-state index contributed by atoms with van der Waals surface area (Å²) in [5.74, 6) is -2.48. The van der Waals surface area contributed by atoms with Gasteiger partial charge in [-0.1, -0.05) is 0 Å². The van der Waals surface area contributed by atoms with E-state index in [1.165, 1.54) is 0 Å². The van der Waals surface area contributed by atoms with Gasteiger partial charge >= 0.3 is 0 Å². The van der Waals surface area contributed by atoms with Crippen molar-refractivity contribution in [2.75, 3.05) is 13.2 Å². The Balaban J connectivity index is 1.90. The minimum Gasteiger partial charge on any atom is -0.396 e. The van der Waals surface area contributed by atoms with Gasteiger partial charge in [-0.15, -0.1) is 0 Å². The molecule has 1 N–H and O–H groups in total. The van der Waals surface area contributed by atoms with Crippen molar-refractivity contribution < 1.29 is 18.6 Å². The van der Waals surface area contributed by atoms with E-state index in [-0.39, 0.29) is 25.6 Å². The van der Waals surface area contributed by atoms with Crippen LogP contribution in [0, 0.1) is 0 Å².